The van der Waals surface area contributed by atoms with Gasteiger partial charge in [0.2, 0.25) is 0 Å². The normalized spacial score (nSPS) is 12.1. The van der Waals surface area contributed by atoms with Gasteiger partial charge in [-0.25, -0.2) is 0 Å². The quantitative estimate of drug-likeness (QED) is 0.264. The Morgan fingerprint density at radius 1 is 1.53 bits per heavy atom. The molecule has 0 aliphatic rings. The van der Waals surface area contributed by atoms with E-state index in [1.165, 1.54) is 0 Å². The molecule has 0 unspecified atom stereocenters. The Balaban J connectivity index is 2.86. The number of hydrogen-bond acceptors (Lipinski definition) is 4. The first-order chi connectivity index (χ1) is 8.97. The van der Waals surface area contributed by atoms with Crippen molar-refractivity contribution in [3.63, 3.8) is 0 Å². The monoisotopic (exact) mass is 267 g/mol. The van der Waals surface area contributed by atoms with Crippen molar-refractivity contribution in [3.8, 4) is 0 Å². The van der Waals surface area contributed by atoms with E-state index in [1.807, 2.05) is 6.92 Å². The lowest BCUT2D eigenvalue weighted by atomic mass is 10.2. The zero-order valence-corrected chi connectivity index (χ0v) is 11.6. The Labute approximate surface area is 112 Å². The van der Waals surface area contributed by atoms with Gasteiger partial charge in [0.15, 0.2) is 5.84 Å². The zero-order valence-electron chi connectivity index (χ0n) is 11.6. The first kappa shape index (κ1) is 15.2. The number of amidine groups is 1. The maximum atomic E-state index is 12.2. The summed E-state index contributed by atoms with van der Waals surface area (Å²) in [5.41, 5.74) is 6.19. The summed E-state index contributed by atoms with van der Waals surface area (Å²) >= 11 is 0. The lowest BCUT2D eigenvalue weighted by Gasteiger charge is -2.12. The zero-order chi connectivity index (χ0) is 14.4. The number of pyridine rings is 1. The summed E-state index contributed by atoms with van der Waals surface area (Å²) in [6.07, 6.45) is 0. The van der Waals surface area contributed by atoms with Crippen molar-refractivity contribution in [1.82, 2.24) is 4.57 Å². The number of aryl methyl sites for hydroxylation is 1. The number of ether oxygens (including phenoxy) is 1. The summed E-state index contributed by atoms with van der Waals surface area (Å²) in [7, 11) is 0. The molecule has 0 radical (unpaired) electrons. The average Bonchev–Trinajstić information content (AvgIpc) is 2.36. The third-order valence-electron chi connectivity index (χ3n) is 2.69. The second-order valence-electron chi connectivity index (χ2n) is 4.80. The summed E-state index contributed by atoms with van der Waals surface area (Å²) in [5, 5.41) is 11.5. The Hall–Kier alpha value is -1.82. The van der Waals surface area contributed by atoms with Crippen LogP contribution in [0, 0.1) is 12.8 Å². The Kier molecular flexibility index (Phi) is 5.57. The second kappa shape index (κ2) is 6.94. The van der Waals surface area contributed by atoms with Crippen LogP contribution in [0.2, 0.25) is 0 Å². The SMILES string of the molecule is Cc1ccc(/C(N)=N/O)c(=O)n1CCOCC(C)C. The third kappa shape index (κ3) is 4.10. The van der Waals surface area contributed by atoms with Crippen LogP contribution >= 0.6 is 0 Å². The molecule has 0 saturated carbocycles. The van der Waals surface area contributed by atoms with Crippen LogP contribution in [-0.2, 0) is 11.3 Å². The molecule has 19 heavy (non-hydrogen) atoms. The molecule has 1 heterocycles. The number of hydrogen-bond donors (Lipinski definition) is 2. The Morgan fingerprint density at radius 3 is 2.79 bits per heavy atom. The highest BCUT2D eigenvalue weighted by Crippen LogP contribution is 2.00. The lowest BCUT2D eigenvalue weighted by Crippen LogP contribution is -2.32. The summed E-state index contributed by atoms with van der Waals surface area (Å²) in [5.74, 6) is 0.281. The first-order valence-electron chi connectivity index (χ1n) is 6.23. The van der Waals surface area contributed by atoms with Gasteiger partial charge in [-0.2, -0.15) is 0 Å². The highest BCUT2D eigenvalue weighted by Gasteiger charge is 2.09. The largest absolute Gasteiger partial charge is 0.409 e. The molecule has 0 saturated heterocycles. The van der Waals surface area contributed by atoms with E-state index in [4.69, 9.17) is 15.7 Å². The smallest absolute Gasteiger partial charge is 0.261 e. The number of rotatable bonds is 6. The van der Waals surface area contributed by atoms with Crippen LogP contribution in [0.5, 0.6) is 0 Å². The summed E-state index contributed by atoms with van der Waals surface area (Å²) in [4.78, 5) is 12.2. The molecule has 0 bridgehead atoms. The molecule has 0 spiro atoms. The van der Waals surface area contributed by atoms with Gasteiger partial charge in [-0.3, -0.25) is 4.79 Å². The number of aromatic nitrogens is 1. The minimum Gasteiger partial charge on any atom is -0.409 e. The van der Waals surface area contributed by atoms with Gasteiger partial charge in [-0.15, -0.1) is 0 Å². The van der Waals surface area contributed by atoms with Crippen LogP contribution in [-0.4, -0.2) is 28.8 Å². The molecular formula is C13H21N3O3. The highest BCUT2D eigenvalue weighted by atomic mass is 16.5. The molecule has 0 amide bonds. The Morgan fingerprint density at radius 2 is 2.21 bits per heavy atom. The van der Waals surface area contributed by atoms with Gasteiger partial charge in [0.25, 0.3) is 5.56 Å². The first-order valence-corrected chi connectivity index (χ1v) is 6.23. The number of nitrogens with zero attached hydrogens (tertiary/aromatic N) is 2. The molecule has 6 nitrogen and oxygen atoms in total. The highest BCUT2D eigenvalue weighted by molar-refractivity contribution is 5.96. The van der Waals surface area contributed by atoms with E-state index >= 15 is 0 Å². The fourth-order valence-electron chi connectivity index (χ4n) is 1.67. The summed E-state index contributed by atoms with van der Waals surface area (Å²) in [6, 6.07) is 3.31. The molecule has 0 aliphatic heterocycles. The van der Waals surface area contributed by atoms with Gasteiger partial charge in [0.05, 0.1) is 12.2 Å². The topological polar surface area (TPSA) is 89.8 Å². The minimum atomic E-state index is -0.275. The van der Waals surface area contributed by atoms with Crippen molar-refractivity contribution >= 4 is 5.84 Å². The predicted molar refractivity (Wildman–Crippen MR) is 73.6 cm³/mol. The molecule has 0 aliphatic carbocycles. The fraction of sp³-hybridized carbons (Fsp3) is 0.538. The van der Waals surface area contributed by atoms with E-state index in [1.54, 1.807) is 16.7 Å². The Bertz CT molecular complexity index is 506. The maximum absolute atomic E-state index is 12.2. The van der Waals surface area contributed by atoms with Gasteiger partial charge in [-0.05, 0) is 25.0 Å². The molecular weight excluding hydrogens is 246 g/mol. The van der Waals surface area contributed by atoms with E-state index in [2.05, 4.69) is 19.0 Å². The molecule has 106 valence electrons. The number of oxime groups is 1. The van der Waals surface area contributed by atoms with Gasteiger partial charge >= 0.3 is 0 Å². The van der Waals surface area contributed by atoms with Gasteiger partial charge in [-0.1, -0.05) is 19.0 Å². The fourth-order valence-corrected chi connectivity index (χ4v) is 1.67. The van der Waals surface area contributed by atoms with E-state index in [-0.39, 0.29) is 17.0 Å². The van der Waals surface area contributed by atoms with E-state index in [0.717, 1.165) is 5.69 Å². The lowest BCUT2D eigenvalue weighted by molar-refractivity contribution is 0.102. The molecule has 0 fully saturated rings. The van der Waals surface area contributed by atoms with E-state index in [0.29, 0.717) is 25.7 Å². The maximum Gasteiger partial charge on any atom is 0.261 e. The van der Waals surface area contributed by atoms with Gasteiger partial charge in [0.1, 0.15) is 0 Å². The van der Waals surface area contributed by atoms with Gasteiger partial charge in [0, 0.05) is 18.8 Å². The van der Waals surface area contributed by atoms with Crippen molar-refractivity contribution in [1.29, 1.82) is 0 Å². The van der Waals surface area contributed by atoms with Crippen LogP contribution in [0.3, 0.4) is 0 Å². The minimum absolute atomic E-state index is 0.179. The summed E-state index contributed by atoms with van der Waals surface area (Å²) < 4.78 is 7.03. The standard InChI is InChI=1S/C13H21N3O3/c1-9(2)8-19-7-6-16-10(3)4-5-11(13(16)17)12(14)15-18/h4-5,9,18H,6-8H2,1-3H3,(H2,14,15). The predicted octanol–water partition coefficient (Wildman–Crippen LogP) is 0.924. The van der Waals surface area contributed by atoms with Crippen LogP contribution in [0.1, 0.15) is 25.1 Å². The molecule has 0 atom stereocenters. The van der Waals surface area contributed by atoms with Crippen LogP contribution < -0.4 is 11.3 Å². The molecule has 3 N–H and O–H groups in total. The molecule has 1 aromatic heterocycles. The van der Waals surface area contributed by atoms with E-state index in [9.17, 15) is 4.79 Å². The molecule has 1 aromatic rings. The third-order valence-corrected chi connectivity index (χ3v) is 2.69. The van der Waals surface area contributed by atoms with Gasteiger partial charge < -0.3 is 20.2 Å². The van der Waals surface area contributed by atoms with Crippen LogP contribution in [0.4, 0.5) is 0 Å². The van der Waals surface area contributed by atoms with Crippen LogP contribution in [0.25, 0.3) is 0 Å². The van der Waals surface area contributed by atoms with Crippen molar-refractivity contribution in [2.75, 3.05) is 13.2 Å². The van der Waals surface area contributed by atoms with Crippen LogP contribution in [0.15, 0.2) is 22.1 Å². The van der Waals surface area contributed by atoms with Crippen molar-refractivity contribution in [2.45, 2.75) is 27.3 Å². The molecule has 0 aromatic carbocycles. The molecule has 6 heteroatoms. The number of nitrogens with two attached hydrogens (primary N) is 1. The van der Waals surface area contributed by atoms with Crippen molar-refractivity contribution in [2.24, 2.45) is 16.8 Å². The van der Waals surface area contributed by atoms with E-state index < -0.39 is 0 Å². The summed E-state index contributed by atoms with van der Waals surface area (Å²) in [6.45, 7) is 7.53. The second-order valence-corrected chi connectivity index (χ2v) is 4.80. The average molecular weight is 267 g/mol. The van der Waals surface area contributed by atoms with Crippen molar-refractivity contribution in [3.05, 3.63) is 33.7 Å². The molecule has 1 rings (SSSR count). The van der Waals surface area contributed by atoms with Crippen molar-refractivity contribution < 1.29 is 9.94 Å².